The molecule has 7 nitrogen and oxygen atoms in total. The van der Waals surface area contributed by atoms with Gasteiger partial charge in [-0.1, -0.05) is 6.07 Å². The zero-order chi connectivity index (χ0) is 22.5. The molecule has 166 valence electrons. The highest BCUT2D eigenvalue weighted by Crippen LogP contribution is 2.39. The van der Waals surface area contributed by atoms with Crippen LogP contribution in [0.25, 0.3) is 5.69 Å². The zero-order valence-corrected chi connectivity index (χ0v) is 18.9. The van der Waals surface area contributed by atoms with Crippen LogP contribution >= 0.6 is 12.2 Å². The predicted octanol–water partition coefficient (Wildman–Crippen LogP) is 3.81. The number of pyridine rings is 1. The van der Waals surface area contributed by atoms with Crippen molar-refractivity contribution in [2.24, 2.45) is 0 Å². The van der Waals surface area contributed by atoms with Crippen LogP contribution in [-0.2, 0) is 9.53 Å². The van der Waals surface area contributed by atoms with Gasteiger partial charge in [-0.25, -0.2) is 0 Å². The van der Waals surface area contributed by atoms with E-state index in [4.69, 9.17) is 21.7 Å². The molecule has 4 rings (SSSR count). The van der Waals surface area contributed by atoms with Crippen LogP contribution in [-0.4, -0.2) is 46.3 Å². The molecule has 3 aromatic rings. The first-order valence-corrected chi connectivity index (χ1v) is 10.9. The van der Waals surface area contributed by atoms with Crippen molar-refractivity contribution >= 4 is 23.3 Å². The number of esters is 1. The first-order valence-electron chi connectivity index (χ1n) is 10.5. The number of methoxy groups -OCH3 is 2. The van der Waals surface area contributed by atoms with Crippen molar-refractivity contribution in [1.82, 2.24) is 19.8 Å². The molecule has 0 amide bonds. The molecule has 2 aromatic heterocycles. The van der Waals surface area contributed by atoms with Crippen LogP contribution in [0.2, 0.25) is 0 Å². The molecule has 0 spiro atoms. The van der Waals surface area contributed by atoms with Gasteiger partial charge in [-0.05, 0) is 67.2 Å². The summed E-state index contributed by atoms with van der Waals surface area (Å²) in [6, 6.07) is 17.8. The Labute approximate surface area is 193 Å². The number of carbonyl (C=O) groups excluding carboxylic acids is 1. The average molecular weight is 451 g/mol. The van der Waals surface area contributed by atoms with E-state index >= 15 is 0 Å². The van der Waals surface area contributed by atoms with Crippen LogP contribution in [0.5, 0.6) is 5.75 Å². The van der Waals surface area contributed by atoms with Gasteiger partial charge < -0.3 is 24.3 Å². The largest absolute Gasteiger partial charge is 0.497 e. The van der Waals surface area contributed by atoms with E-state index in [2.05, 4.69) is 25.8 Å². The number of carbonyl (C=O) groups is 1. The number of ether oxygens (including phenoxy) is 2. The second kappa shape index (κ2) is 9.82. The number of rotatable bonds is 8. The summed E-state index contributed by atoms with van der Waals surface area (Å²) in [7, 11) is 3.07. The highest BCUT2D eigenvalue weighted by atomic mass is 32.1. The lowest BCUT2D eigenvalue weighted by molar-refractivity contribution is -0.140. The van der Waals surface area contributed by atoms with Crippen molar-refractivity contribution in [3.8, 4) is 11.4 Å². The van der Waals surface area contributed by atoms with Gasteiger partial charge >= 0.3 is 5.97 Å². The van der Waals surface area contributed by atoms with Crippen molar-refractivity contribution in [3.63, 3.8) is 0 Å². The third-order valence-electron chi connectivity index (χ3n) is 5.64. The molecule has 1 fully saturated rings. The summed E-state index contributed by atoms with van der Waals surface area (Å²) in [6.07, 6.45) is 4.82. The lowest BCUT2D eigenvalue weighted by Crippen LogP contribution is -2.31. The van der Waals surface area contributed by atoms with Crippen molar-refractivity contribution in [2.75, 3.05) is 20.8 Å². The maximum Gasteiger partial charge on any atom is 0.305 e. The van der Waals surface area contributed by atoms with Crippen LogP contribution in [0.4, 0.5) is 0 Å². The Hall–Kier alpha value is -3.39. The molecule has 0 aliphatic carbocycles. The van der Waals surface area contributed by atoms with E-state index in [1.165, 1.54) is 7.11 Å². The highest BCUT2D eigenvalue weighted by Gasteiger charge is 2.41. The summed E-state index contributed by atoms with van der Waals surface area (Å²) >= 11 is 5.71. The molecule has 0 saturated carbocycles. The minimum absolute atomic E-state index is 0.0906. The highest BCUT2D eigenvalue weighted by molar-refractivity contribution is 7.80. The number of aromatic nitrogens is 2. The molecule has 1 aromatic carbocycles. The molecule has 0 radical (unpaired) electrons. The van der Waals surface area contributed by atoms with Crippen LogP contribution in [0.1, 0.15) is 36.3 Å². The van der Waals surface area contributed by atoms with Crippen LogP contribution in [0, 0.1) is 0 Å². The fourth-order valence-corrected chi connectivity index (χ4v) is 4.41. The van der Waals surface area contributed by atoms with Crippen LogP contribution < -0.4 is 10.1 Å². The molecule has 0 unspecified atom stereocenters. The fraction of sp³-hybridized carbons (Fsp3) is 0.292. The number of nitrogens with one attached hydrogen (secondary N) is 1. The molecule has 8 heteroatoms. The number of hydrogen-bond donors (Lipinski definition) is 1. The fourth-order valence-electron chi connectivity index (χ4n) is 4.08. The number of benzene rings is 1. The van der Waals surface area contributed by atoms with Gasteiger partial charge in [0.25, 0.3) is 0 Å². The van der Waals surface area contributed by atoms with Gasteiger partial charge in [-0.15, -0.1) is 0 Å². The van der Waals surface area contributed by atoms with Gasteiger partial charge in [0.2, 0.25) is 0 Å². The van der Waals surface area contributed by atoms with Gasteiger partial charge in [0.15, 0.2) is 5.11 Å². The van der Waals surface area contributed by atoms with Crippen molar-refractivity contribution in [1.29, 1.82) is 0 Å². The standard InChI is InChI=1S/C24H26N4O3S/c1-30-18-12-10-17(11-13-18)27-15-5-8-20(27)23-22(19-7-3-4-14-25-19)26-24(32)28(23)16-6-9-21(29)31-2/h3-5,7-8,10-15,22-23H,6,9,16H2,1-2H3,(H,26,32)/t22-,23+/m0/s1. The maximum atomic E-state index is 11.6. The first kappa shape index (κ1) is 21.8. The first-order chi connectivity index (χ1) is 15.6. The SMILES string of the molecule is COC(=O)CCCN1C(=S)N[C@@H](c2ccccn2)[C@H]1c1cccn1-c1ccc(OC)cc1. The second-order valence-corrected chi connectivity index (χ2v) is 7.89. The van der Waals surface area contributed by atoms with E-state index < -0.39 is 0 Å². The number of hydrogen-bond acceptors (Lipinski definition) is 5. The third kappa shape index (κ3) is 4.45. The summed E-state index contributed by atoms with van der Waals surface area (Å²) in [5.41, 5.74) is 3.02. The van der Waals surface area contributed by atoms with Gasteiger partial charge in [0.05, 0.1) is 32.0 Å². The molecule has 32 heavy (non-hydrogen) atoms. The second-order valence-electron chi connectivity index (χ2n) is 7.50. The maximum absolute atomic E-state index is 11.6. The lowest BCUT2D eigenvalue weighted by Gasteiger charge is -2.29. The Morgan fingerprint density at radius 2 is 1.94 bits per heavy atom. The van der Waals surface area contributed by atoms with Gasteiger partial charge in [0.1, 0.15) is 5.75 Å². The summed E-state index contributed by atoms with van der Waals surface area (Å²) < 4.78 is 12.3. The summed E-state index contributed by atoms with van der Waals surface area (Å²) in [5.74, 6) is 0.587. The van der Waals surface area contributed by atoms with Gasteiger partial charge in [-0.3, -0.25) is 9.78 Å². The monoisotopic (exact) mass is 450 g/mol. The zero-order valence-electron chi connectivity index (χ0n) is 18.1. The topological polar surface area (TPSA) is 68.6 Å². The van der Waals surface area contributed by atoms with Gasteiger partial charge in [0, 0.05) is 36.7 Å². The number of thiocarbonyl (C=S) groups is 1. The van der Waals surface area contributed by atoms with E-state index in [0.717, 1.165) is 22.8 Å². The molecule has 1 aliphatic rings. The smallest absolute Gasteiger partial charge is 0.305 e. The quantitative estimate of drug-likeness (QED) is 0.413. The number of nitrogens with zero attached hydrogens (tertiary/aromatic N) is 3. The van der Waals surface area contributed by atoms with Crippen molar-refractivity contribution in [3.05, 3.63) is 78.4 Å². The molecule has 3 heterocycles. The summed E-state index contributed by atoms with van der Waals surface area (Å²) in [4.78, 5) is 18.4. The molecule has 1 N–H and O–H groups in total. The molecule has 0 bridgehead atoms. The van der Waals surface area contributed by atoms with E-state index in [9.17, 15) is 4.79 Å². The minimum atomic E-state index is -0.220. The summed E-state index contributed by atoms with van der Waals surface area (Å²) in [5, 5.41) is 4.10. The molecular formula is C24H26N4O3S. The third-order valence-corrected chi connectivity index (χ3v) is 5.99. The Kier molecular flexibility index (Phi) is 6.70. The van der Waals surface area contributed by atoms with Crippen molar-refractivity contribution in [2.45, 2.75) is 24.9 Å². The van der Waals surface area contributed by atoms with Crippen LogP contribution in [0.3, 0.4) is 0 Å². The van der Waals surface area contributed by atoms with Gasteiger partial charge in [-0.2, -0.15) is 0 Å². The average Bonchev–Trinajstić information content (AvgIpc) is 3.44. The molecule has 1 aliphatic heterocycles. The Morgan fingerprint density at radius 3 is 2.62 bits per heavy atom. The lowest BCUT2D eigenvalue weighted by atomic mass is 10.0. The van der Waals surface area contributed by atoms with Crippen molar-refractivity contribution < 1.29 is 14.3 Å². The molecular weight excluding hydrogens is 424 g/mol. The minimum Gasteiger partial charge on any atom is -0.497 e. The van der Waals surface area contributed by atoms with Crippen LogP contribution in [0.15, 0.2) is 67.0 Å². The van der Waals surface area contributed by atoms with E-state index in [1.807, 2.05) is 54.7 Å². The predicted molar refractivity (Wildman–Crippen MR) is 126 cm³/mol. The van der Waals surface area contributed by atoms with E-state index in [1.54, 1.807) is 13.3 Å². The Morgan fingerprint density at radius 1 is 1.12 bits per heavy atom. The Bertz CT molecular complexity index is 1070. The molecule has 1 saturated heterocycles. The normalized spacial score (nSPS) is 17.8. The summed E-state index contributed by atoms with van der Waals surface area (Å²) in [6.45, 7) is 0.628. The van der Waals surface area contributed by atoms with E-state index in [0.29, 0.717) is 24.5 Å². The Balaban J connectivity index is 1.70. The van der Waals surface area contributed by atoms with E-state index in [-0.39, 0.29) is 18.1 Å². The molecule has 2 atom stereocenters.